The van der Waals surface area contributed by atoms with Crippen LogP contribution in [0.4, 0.5) is 5.69 Å². The van der Waals surface area contributed by atoms with Crippen molar-refractivity contribution < 1.29 is 18.0 Å². The highest BCUT2D eigenvalue weighted by atomic mass is 35.5. The van der Waals surface area contributed by atoms with E-state index in [1.807, 2.05) is 0 Å². The number of hydrogen-bond donors (Lipinski definition) is 2. The van der Waals surface area contributed by atoms with Crippen molar-refractivity contribution in [2.24, 2.45) is 0 Å². The quantitative estimate of drug-likeness (QED) is 0.647. The van der Waals surface area contributed by atoms with Crippen molar-refractivity contribution in [2.75, 3.05) is 24.4 Å². The van der Waals surface area contributed by atoms with Gasteiger partial charge in [0.2, 0.25) is 5.91 Å². The highest BCUT2D eigenvalue weighted by Gasteiger charge is 2.21. The molecule has 0 radical (unpaired) electrons. The molecule has 160 valence electrons. The minimum Gasteiger partial charge on any atom is -0.352 e. The van der Waals surface area contributed by atoms with E-state index in [0.717, 1.165) is 25.9 Å². The maximum atomic E-state index is 12.7. The molecule has 0 spiro atoms. The van der Waals surface area contributed by atoms with Gasteiger partial charge in [0.15, 0.2) is 0 Å². The monoisotopic (exact) mass is 469 g/mol. The minimum atomic E-state index is -4.02. The summed E-state index contributed by atoms with van der Waals surface area (Å²) in [5.41, 5.74) is 0.440. The van der Waals surface area contributed by atoms with Crippen LogP contribution in [0.5, 0.6) is 0 Å². The number of amides is 2. The van der Waals surface area contributed by atoms with E-state index >= 15 is 0 Å². The normalized spacial score (nSPS) is 13.9. The highest BCUT2D eigenvalue weighted by molar-refractivity contribution is 7.92. The second kappa shape index (κ2) is 9.68. The van der Waals surface area contributed by atoms with E-state index in [9.17, 15) is 18.0 Å². The Bertz CT molecular complexity index is 1040. The fourth-order valence-corrected chi connectivity index (χ4v) is 4.80. The maximum absolute atomic E-state index is 12.7. The molecule has 0 bridgehead atoms. The number of halogens is 2. The third kappa shape index (κ3) is 5.65. The van der Waals surface area contributed by atoms with Crippen molar-refractivity contribution in [1.29, 1.82) is 0 Å². The van der Waals surface area contributed by atoms with Crippen LogP contribution < -0.4 is 10.0 Å². The summed E-state index contributed by atoms with van der Waals surface area (Å²) in [6.45, 7) is 1.68. The Morgan fingerprint density at radius 1 is 1.00 bits per heavy atom. The third-order valence-corrected chi connectivity index (χ3v) is 6.78. The Morgan fingerprint density at radius 3 is 2.33 bits per heavy atom. The average molecular weight is 470 g/mol. The molecule has 1 aliphatic heterocycles. The van der Waals surface area contributed by atoms with Crippen molar-refractivity contribution >= 4 is 50.7 Å². The number of carbonyl (C=O) groups is 2. The topological polar surface area (TPSA) is 95.6 Å². The Kier molecular flexibility index (Phi) is 7.23. The Balaban J connectivity index is 1.66. The fourth-order valence-electron chi connectivity index (χ4n) is 3.09. The van der Waals surface area contributed by atoms with Crippen LogP contribution in [0.2, 0.25) is 10.0 Å². The molecule has 1 heterocycles. The maximum Gasteiger partial charge on any atom is 0.263 e. The molecule has 30 heavy (non-hydrogen) atoms. The van der Waals surface area contributed by atoms with Crippen LogP contribution in [0, 0.1) is 0 Å². The molecule has 0 aliphatic carbocycles. The van der Waals surface area contributed by atoms with Crippen LogP contribution in [0.25, 0.3) is 0 Å². The van der Waals surface area contributed by atoms with Gasteiger partial charge in [-0.15, -0.1) is 0 Å². The molecule has 0 unspecified atom stereocenters. The molecule has 3 rings (SSSR count). The molecule has 2 amide bonds. The lowest BCUT2D eigenvalue weighted by Gasteiger charge is -2.15. The van der Waals surface area contributed by atoms with Gasteiger partial charge >= 0.3 is 0 Å². The summed E-state index contributed by atoms with van der Waals surface area (Å²) in [6, 6.07) is 10.1. The van der Waals surface area contributed by atoms with Gasteiger partial charge in [0.05, 0.1) is 5.02 Å². The van der Waals surface area contributed by atoms with Gasteiger partial charge in [-0.3, -0.25) is 14.3 Å². The summed E-state index contributed by atoms with van der Waals surface area (Å²) in [5.74, 6) is -0.483. The van der Waals surface area contributed by atoms with Crippen LogP contribution in [0.15, 0.2) is 47.4 Å². The van der Waals surface area contributed by atoms with Gasteiger partial charge in [-0.1, -0.05) is 23.2 Å². The Labute approximate surface area is 185 Å². The number of likely N-dealkylation sites (tertiary alicyclic amines) is 1. The van der Waals surface area contributed by atoms with Gasteiger partial charge < -0.3 is 10.2 Å². The van der Waals surface area contributed by atoms with Gasteiger partial charge in [-0.05, 0) is 55.3 Å². The third-order valence-electron chi connectivity index (χ3n) is 4.66. The lowest BCUT2D eigenvalue weighted by Crippen LogP contribution is -2.32. The van der Waals surface area contributed by atoms with Crippen LogP contribution in [-0.2, 0) is 14.8 Å². The Morgan fingerprint density at radius 2 is 1.67 bits per heavy atom. The molecular formula is C20H21Cl2N3O4S. The molecule has 2 aromatic rings. The molecule has 0 saturated carbocycles. The number of nitrogens with one attached hydrogen (secondary N) is 2. The van der Waals surface area contributed by atoms with Gasteiger partial charge in [0.1, 0.15) is 4.90 Å². The number of hydrogen-bond acceptors (Lipinski definition) is 4. The van der Waals surface area contributed by atoms with Gasteiger partial charge in [-0.25, -0.2) is 8.42 Å². The van der Waals surface area contributed by atoms with E-state index < -0.39 is 15.9 Å². The van der Waals surface area contributed by atoms with E-state index in [0.29, 0.717) is 10.7 Å². The van der Waals surface area contributed by atoms with Crippen molar-refractivity contribution in [3.05, 3.63) is 58.1 Å². The van der Waals surface area contributed by atoms with E-state index in [1.165, 1.54) is 30.3 Å². The molecule has 2 N–H and O–H groups in total. The summed E-state index contributed by atoms with van der Waals surface area (Å²) in [7, 11) is -4.02. The zero-order valence-corrected chi connectivity index (χ0v) is 18.4. The Hall–Kier alpha value is -2.29. The smallest absolute Gasteiger partial charge is 0.263 e. The lowest BCUT2D eigenvalue weighted by molar-refractivity contribution is -0.129. The number of anilines is 1. The summed E-state index contributed by atoms with van der Waals surface area (Å²) < 4.78 is 27.8. The highest BCUT2D eigenvalue weighted by Crippen LogP contribution is 2.25. The number of sulfonamides is 1. The summed E-state index contributed by atoms with van der Waals surface area (Å²) in [5, 5.41) is 3.10. The standard InChI is InChI=1S/C20H21Cl2N3O4S/c21-15-4-6-16(7-5-15)24-30(28,29)18-13-14(3-8-17(18)22)20(27)23-10-9-19(26)25-11-1-2-12-25/h3-8,13,24H,1-2,9-12H2,(H,23,27). The van der Waals surface area contributed by atoms with Gasteiger partial charge in [0.25, 0.3) is 15.9 Å². The average Bonchev–Trinajstić information content (AvgIpc) is 3.24. The van der Waals surface area contributed by atoms with Crippen LogP contribution in [-0.4, -0.2) is 44.8 Å². The first-order valence-electron chi connectivity index (χ1n) is 9.40. The number of rotatable bonds is 7. The zero-order valence-electron chi connectivity index (χ0n) is 16.0. The molecule has 1 aliphatic rings. The molecule has 0 aromatic heterocycles. The van der Waals surface area contributed by atoms with Crippen LogP contribution >= 0.6 is 23.2 Å². The SMILES string of the molecule is O=C(NCCC(=O)N1CCCC1)c1ccc(Cl)c(S(=O)(=O)Nc2ccc(Cl)cc2)c1. The van der Waals surface area contributed by atoms with Gasteiger partial charge in [-0.2, -0.15) is 0 Å². The van der Waals surface area contributed by atoms with Crippen molar-refractivity contribution in [2.45, 2.75) is 24.2 Å². The van der Waals surface area contributed by atoms with Crippen LogP contribution in [0.3, 0.4) is 0 Å². The van der Waals surface area contributed by atoms with Crippen molar-refractivity contribution in [3.63, 3.8) is 0 Å². The summed E-state index contributed by atoms with van der Waals surface area (Å²) in [4.78, 5) is 26.0. The summed E-state index contributed by atoms with van der Waals surface area (Å²) >= 11 is 11.9. The van der Waals surface area contributed by atoms with E-state index in [1.54, 1.807) is 17.0 Å². The largest absolute Gasteiger partial charge is 0.352 e. The predicted molar refractivity (Wildman–Crippen MR) is 116 cm³/mol. The van der Waals surface area contributed by atoms with E-state index in [2.05, 4.69) is 10.0 Å². The predicted octanol–water partition coefficient (Wildman–Crippen LogP) is 3.54. The minimum absolute atomic E-state index is 0.000613. The molecule has 1 saturated heterocycles. The number of carbonyl (C=O) groups excluding carboxylic acids is 2. The fraction of sp³-hybridized carbons (Fsp3) is 0.300. The van der Waals surface area contributed by atoms with Crippen molar-refractivity contribution in [1.82, 2.24) is 10.2 Å². The second-order valence-corrected chi connectivity index (χ2v) is 9.35. The number of nitrogens with zero attached hydrogens (tertiary/aromatic N) is 1. The van der Waals surface area contributed by atoms with E-state index in [-0.39, 0.29) is 34.4 Å². The zero-order chi connectivity index (χ0) is 21.7. The van der Waals surface area contributed by atoms with Crippen LogP contribution in [0.1, 0.15) is 29.6 Å². The molecule has 0 atom stereocenters. The van der Waals surface area contributed by atoms with E-state index in [4.69, 9.17) is 23.2 Å². The molecule has 1 fully saturated rings. The van der Waals surface area contributed by atoms with Gasteiger partial charge in [0, 0.05) is 42.3 Å². The molecule has 2 aromatic carbocycles. The first kappa shape index (κ1) is 22.4. The molecule has 10 heteroatoms. The second-order valence-electron chi connectivity index (χ2n) is 6.85. The molecule has 7 nitrogen and oxygen atoms in total. The van der Waals surface area contributed by atoms with Crippen molar-refractivity contribution in [3.8, 4) is 0 Å². The lowest BCUT2D eigenvalue weighted by atomic mass is 10.2. The first-order chi connectivity index (χ1) is 14.3. The summed E-state index contributed by atoms with van der Waals surface area (Å²) in [6.07, 6.45) is 2.21. The number of benzene rings is 2. The molecular weight excluding hydrogens is 449 g/mol. The first-order valence-corrected chi connectivity index (χ1v) is 11.6.